The van der Waals surface area contributed by atoms with Gasteiger partial charge >= 0.3 is 0 Å². The van der Waals surface area contributed by atoms with Crippen molar-refractivity contribution in [3.8, 4) is 11.3 Å². The molecule has 0 aromatic carbocycles. The standard InChI is InChI=1S/C16H18N4/c1-2-10-5-13(10)14-6-15(12-7-17-9-18-8-12)19-20-16(14)11-3-4-11/h6-11,13H,2-5H2,1H3/t10-,13-/m0/s1. The van der Waals surface area contributed by atoms with Gasteiger partial charge in [0.25, 0.3) is 0 Å². The van der Waals surface area contributed by atoms with Crippen molar-refractivity contribution in [2.24, 2.45) is 5.92 Å². The Morgan fingerprint density at radius 2 is 1.95 bits per heavy atom. The number of hydrogen-bond donors (Lipinski definition) is 0. The van der Waals surface area contributed by atoms with Gasteiger partial charge in [-0.2, -0.15) is 10.2 Å². The summed E-state index contributed by atoms with van der Waals surface area (Å²) in [5.41, 5.74) is 4.56. The number of nitrogens with zero attached hydrogens (tertiary/aromatic N) is 4. The fourth-order valence-electron chi connectivity index (χ4n) is 3.04. The quantitative estimate of drug-likeness (QED) is 0.851. The van der Waals surface area contributed by atoms with Crippen molar-refractivity contribution in [1.82, 2.24) is 20.2 Å². The van der Waals surface area contributed by atoms with Gasteiger partial charge in [-0.15, -0.1) is 0 Å². The SMILES string of the molecule is CC[C@H]1C[C@@H]1c1cc(-c2cncnc2)nnc1C1CC1. The van der Waals surface area contributed by atoms with E-state index in [9.17, 15) is 0 Å². The Kier molecular flexibility index (Phi) is 2.76. The van der Waals surface area contributed by atoms with Crippen LogP contribution in [0, 0.1) is 5.92 Å². The summed E-state index contributed by atoms with van der Waals surface area (Å²) >= 11 is 0. The molecule has 0 saturated heterocycles. The van der Waals surface area contributed by atoms with E-state index in [0.29, 0.717) is 11.8 Å². The molecule has 4 rings (SSSR count). The van der Waals surface area contributed by atoms with Crippen LogP contribution >= 0.6 is 0 Å². The third-order valence-corrected chi connectivity index (χ3v) is 4.52. The zero-order valence-electron chi connectivity index (χ0n) is 11.7. The zero-order valence-corrected chi connectivity index (χ0v) is 11.7. The molecule has 0 N–H and O–H groups in total. The van der Waals surface area contributed by atoms with E-state index in [0.717, 1.165) is 17.2 Å². The summed E-state index contributed by atoms with van der Waals surface area (Å²) in [4.78, 5) is 8.15. The average molecular weight is 266 g/mol. The molecule has 0 amide bonds. The van der Waals surface area contributed by atoms with E-state index in [2.05, 4.69) is 33.2 Å². The predicted octanol–water partition coefficient (Wildman–Crippen LogP) is 3.32. The van der Waals surface area contributed by atoms with E-state index in [1.165, 1.54) is 36.9 Å². The zero-order chi connectivity index (χ0) is 13.5. The Morgan fingerprint density at radius 1 is 1.15 bits per heavy atom. The first-order valence-corrected chi connectivity index (χ1v) is 7.49. The summed E-state index contributed by atoms with van der Waals surface area (Å²) in [5.74, 6) is 2.21. The Labute approximate surface area is 118 Å². The number of aromatic nitrogens is 4. The molecule has 2 atom stereocenters. The lowest BCUT2D eigenvalue weighted by molar-refractivity contribution is 0.752. The second kappa shape index (κ2) is 4.62. The van der Waals surface area contributed by atoms with Gasteiger partial charge in [0.2, 0.25) is 0 Å². The number of hydrogen-bond acceptors (Lipinski definition) is 4. The van der Waals surface area contributed by atoms with Crippen LogP contribution in [0.15, 0.2) is 24.8 Å². The second-order valence-electron chi connectivity index (χ2n) is 5.98. The van der Waals surface area contributed by atoms with Crippen LogP contribution < -0.4 is 0 Å². The van der Waals surface area contributed by atoms with Crippen molar-refractivity contribution in [2.45, 2.75) is 44.4 Å². The van der Waals surface area contributed by atoms with Gasteiger partial charge in [0.05, 0.1) is 11.4 Å². The molecular weight excluding hydrogens is 248 g/mol. The highest BCUT2D eigenvalue weighted by Gasteiger charge is 2.41. The summed E-state index contributed by atoms with van der Waals surface area (Å²) in [6, 6.07) is 2.24. The van der Waals surface area contributed by atoms with Crippen LogP contribution in [0.25, 0.3) is 11.3 Å². The molecular formula is C16H18N4. The van der Waals surface area contributed by atoms with Gasteiger partial charge in [0.1, 0.15) is 6.33 Å². The van der Waals surface area contributed by atoms with E-state index < -0.39 is 0 Å². The highest BCUT2D eigenvalue weighted by atomic mass is 15.1. The highest BCUT2D eigenvalue weighted by Crippen LogP contribution is 2.53. The van der Waals surface area contributed by atoms with Crippen LogP contribution in [0.3, 0.4) is 0 Å². The molecule has 2 saturated carbocycles. The van der Waals surface area contributed by atoms with Crippen LogP contribution in [0.4, 0.5) is 0 Å². The lowest BCUT2D eigenvalue weighted by Gasteiger charge is -2.09. The summed E-state index contributed by atoms with van der Waals surface area (Å²) in [7, 11) is 0. The molecule has 0 unspecified atom stereocenters. The van der Waals surface area contributed by atoms with E-state index in [1.54, 1.807) is 6.33 Å². The molecule has 0 aliphatic heterocycles. The Hall–Kier alpha value is -1.84. The van der Waals surface area contributed by atoms with Gasteiger partial charge in [0.15, 0.2) is 0 Å². The van der Waals surface area contributed by atoms with Gasteiger partial charge in [0, 0.05) is 23.9 Å². The Bertz CT molecular complexity index is 622. The van der Waals surface area contributed by atoms with Crippen molar-refractivity contribution in [3.05, 3.63) is 36.0 Å². The minimum absolute atomic E-state index is 0.664. The average Bonchev–Trinajstić information content (AvgIpc) is 3.40. The molecule has 2 heterocycles. The van der Waals surface area contributed by atoms with Crippen LogP contribution in [0.5, 0.6) is 0 Å². The molecule has 0 spiro atoms. The van der Waals surface area contributed by atoms with Crippen molar-refractivity contribution in [3.63, 3.8) is 0 Å². The molecule has 2 aliphatic carbocycles. The monoisotopic (exact) mass is 266 g/mol. The van der Waals surface area contributed by atoms with Crippen molar-refractivity contribution in [2.75, 3.05) is 0 Å². The first kappa shape index (κ1) is 11.9. The molecule has 0 bridgehead atoms. The van der Waals surface area contributed by atoms with Crippen molar-refractivity contribution >= 4 is 0 Å². The molecule has 102 valence electrons. The minimum Gasteiger partial charge on any atom is -0.244 e. The van der Waals surface area contributed by atoms with Gasteiger partial charge < -0.3 is 0 Å². The van der Waals surface area contributed by atoms with Crippen LogP contribution in [-0.4, -0.2) is 20.2 Å². The summed E-state index contributed by atoms with van der Waals surface area (Å²) < 4.78 is 0. The topological polar surface area (TPSA) is 51.6 Å². The Balaban J connectivity index is 1.74. The van der Waals surface area contributed by atoms with E-state index in [1.807, 2.05) is 12.4 Å². The first-order valence-electron chi connectivity index (χ1n) is 7.49. The van der Waals surface area contributed by atoms with E-state index >= 15 is 0 Å². The molecule has 2 aromatic heterocycles. The minimum atomic E-state index is 0.664. The first-order chi connectivity index (χ1) is 9.86. The Morgan fingerprint density at radius 3 is 2.60 bits per heavy atom. The van der Waals surface area contributed by atoms with Crippen LogP contribution in [-0.2, 0) is 0 Å². The third kappa shape index (κ3) is 2.09. The molecule has 0 radical (unpaired) electrons. The molecule has 2 aliphatic rings. The highest BCUT2D eigenvalue weighted by molar-refractivity contribution is 5.58. The molecule has 2 aromatic rings. The summed E-state index contributed by atoms with van der Waals surface area (Å²) in [6.45, 7) is 2.28. The molecule has 4 nitrogen and oxygen atoms in total. The number of rotatable bonds is 4. The van der Waals surface area contributed by atoms with Gasteiger partial charge in [-0.1, -0.05) is 13.3 Å². The lowest BCUT2D eigenvalue weighted by Crippen LogP contribution is -2.01. The van der Waals surface area contributed by atoms with Crippen LogP contribution in [0.2, 0.25) is 0 Å². The van der Waals surface area contributed by atoms with Gasteiger partial charge in [-0.25, -0.2) is 9.97 Å². The maximum Gasteiger partial charge on any atom is 0.115 e. The fraction of sp³-hybridized carbons (Fsp3) is 0.500. The van der Waals surface area contributed by atoms with Gasteiger partial charge in [-0.3, -0.25) is 0 Å². The fourth-order valence-corrected chi connectivity index (χ4v) is 3.04. The lowest BCUT2D eigenvalue weighted by atomic mass is 10.0. The normalized spacial score (nSPS) is 24.6. The van der Waals surface area contributed by atoms with E-state index in [4.69, 9.17) is 0 Å². The van der Waals surface area contributed by atoms with Crippen molar-refractivity contribution in [1.29, 1.82) is 0 Å². The molecule has 2 fully saturated rings. The van der Waals surface area contributed by atoms with Crippen molar-refractivity contribution < 1.29 is 0 Å². The maximum absolute atomic E-state index is 4.54. The molecule has 4 heteroatoms. The summed E-state index contributed by atoms with van der Waals surface area (Å²) in [5, 5.41) is 8.94. The molecule has 20 heavy (non-hydrogen) atoms. The predicted molar refractivity (Wildman–Crippen MR) is 76.2 cm³/mol. The van der Waals surface area contributed by atoms with E-state index in [-0.39, 0.29) is 0 Å². The second-order valence-corrected chi connectivity index (χ2v) is 5.98. The van der Waals surface area contributed by atoms with Gasteiger partial charge in [-0.05, 0) is 42.7 Å². The smallest absolute Gasteiger partial charge is 0.115 e. The third-order valence-electron chi connectivity index (χ3n) is 4.52. The summed E-state index contributed by atoms with van der Waals surface area (Å²) in [6.07, 6.45) is 10.3. The van der Waals surface area contributed by atoms with Crippen LogP contribution in [0.1, 0.15) is 55.7 Å². The maximum atomic E-state index is 4.54. The largest absolute Gasteiger partial charge is 0.244 e.